The SMILES string of the molecule is CCOC(=O)c1cc([N+](=O)[O-])c(-n2ccnc2C(CC)CC)cc1Cl. The number of nitro benzene ring substituents is 1. The van der Waals surface area contributed by atoms with Crippen molar-refractivity contribution in [3.8, 4) is 5.69 Å². The van der Waals surface area contributed by atoms with E-state index < -0.39 is 10.9 Å². The van der Waals surface area contributed by atoms with E-state index in [1.165, 1.54) is 6.07 Å². The van der Waals surface area contributed by atoms with Gasteiger partial charge in [0, 0.05) is 24.4 Å². The Bertz CT molecular complexity index is 784. The third-order valence-corrected chi connectivity index (χ3v) is 4.35. The molecule has 0 saturated heterocycles. The molecule has 0 N–H and O–H groups in total. The Kier molecular flexibility index (Phi) is 6.14. The molecule has 0 aliphatic rings. The predicted molar refractivity (Wildman–Crippen MR) is 94.5 cm³/mol. The van der Waals surface area contributed by atoms with Crippen LogP contribution >= 0.6 is 11.6 Å². The second-order valence-corrected chi connectivity index (χ2v) is 5.87. The first kappa shape index (κ1) is 18.9. The zero-order valence-corrected chi connectivity index (χ0v) is 15.1. The number of esters is 1. The van der Waals surface area contributed by atoms with Gasteiger partial charge in [-0.05, 0) is 25.8 Å². The van der Waals surface area contributed by atoms with Crippen molar-refractivity contribution in [3.05, 3.63) is 51.1 Å². The number of hydrogen-bond acceptors (Lipinski definition) is 5. The number of halogens is 1. The van der Waals surface area contributed by atoms with Crippen LogP contribution in [0.3, 0.4) is 0 Å². The molecule has 0 spiro atoms. The van der Waals surface area contributed by atoms with Crippen LogP contribution in [-0.2, 0) is 4.74 Å². The van der Waals surface area contributed by atoms with Gasteiger partial charge in [0.05, 0.1) is 22.1 Å². The van der Waals surface area contributed by atoms with Gasteiger partial charge in [-0.2, -0.15) is 0 Å². The molecule has 7 nitrogen and oxygen atoms in total. The Morgan fingerprint density at radius 1 is 1.36 bits per heavy atom. The van der Waals surface area contributed by atoms with Crippen molar-refractivity contribution in [1.82, 2.24) is 9.55 Å². The molecule has 1 aromatic carbocycles. The average Bonchev–Trinajstić information content (AvgIpc) is 3.05. The predicted octanol–water partition coefficient (Wildman–Crippen LogP) is 4.51. The lowest BCUT2D eigenvalue weighted by Gasteiger charge is -2.16. The molecule has 0 amide bonds. The van der Waals surface area contributed by atoms with Crippen molar-refractivity contribution in [2.45, 2.75) is 39.5 Å². The highest BCUT2D eigenvalue weighted by Crippen LogP contribution is 2.33. The molecular formula is C17H20ClN3O4. The maximum absolute atomic E-state index is 12.0. The fraction of sp³-hybridized carbons (Fsp3) is 0.412. The van der Waals surface area contributed by atoms with Gasteiger partial charge in [0.15, 0.2) is 0 Å². The summed E-state index contributed by atoms with van der Waals surface area (Å²) in [6.07, 6.45) is 4.98. The monoisotopic (exact) mass is 365 g/mol. The average molecular weight is 366 g/mol. The molecule has 0 atom stereocenters. The molecule has 8 heteroatoms. The van der Waals surface area contributed by atoms with Gasteiger partial charge in [-0.1, -0.05) is 25.4 Å². The molecule has 2 rings (SSSR count). The minimum absolute atomic E-state index is 0.0248. The fourth-order valence-electron chi connectivity index (χ4n) is 2.73. The van der Waals surface area contributed by atoms with E-state index >= 15 is 0 Å². The zero-order valence-electron chi connectivity index (χ0n) is 14.4. The summed E-state index contributed by atoms with van der Waals surface area (Å²) in [5.41, 5.74) is 0.0308. The highest BCUT2D eigenvalue weighted by molar-refractivity contribution is 6.34. The van der Waals surface area contributed by atoms with Crippen LogP contribution < -0.4 is 0 Å². The van der Waals surface area contributed by atoms with Crippen molar-refractivity contribution in [3.63, 3.8) is 0 Å². The van der Waals surface area contributed by atoms with E-state index in [9.17, 15) is 14.9 Å². The van der Waals surface area contributed by atoms with E-state index in [2.05, 4.69) is 4.98 Å². The normalized spacial score (nSPS) is 10.9. The zero-order chi connectivity index (χ0) is 18.6. The summed E-state index contributed by atoms with van der Waals surface area (Å²) in [5, 5.41) is 11.7. The quantitative estimate of drug-likeness (QED) is 0.409. The summed E-state index contributed by atoms with van der Waals surface area (Å²) >= 11 is 6.20. The number of hydrogen-bond donors (Lipinski definition) is 0. The molecule has 0 aliphatic heterocycles. The number of rotatable bonds is 7. The van der Waals surface area contributed by atoms with Crippen molar-refractivity contribution in [2.75, 3.05) is 6.61 Å². The highest BCUT2D eigenvalue weighted by atomic mass is 35.5. The van der Waals surface area contributed by atoms with Crippen LogP contribution in [0.5, 0.6) is 0 Å². The lowest BCUT2D eigenvalue weighted by Crippen LogP contribution is -2.11. The molecule has 0 unspecified atom stereocenters. The lowest BCUT2D eigenvalue weighted by molar-refractivity contribution is -0.384. The van der Waals surface area contributed by atoms with E-state index in [0.29, 0.717) is 0 Å². The van der Waals surface area contributed by atoms with Crippen LogP contribution in [0, 0.1) is 10.1 Å². The van der Waals surface area contributed by atoms with Crippen molar-refractivity contribution in [2.24, 2.45) is 0 Å². The first-order valence-electron chi connectivity index (χ1n) is 8.13. The van der Waals surface area contributed by atoms with Gasteiger partial charge in [0.1, 0.15) is 11.5 Å². The third-order valence-electron chi connectivity index (χ3n) is 4.04. The van der Waals surface area contributed by atoms with Gasteiger partial charge >= 0.3 is 5.97 Å². The molecular weight excluding hydrogens is 346 g/mol. The Balaban J connectivity index is 2.63. The molecule has 0 radical (unpaired) electrons. The third kappa shape index (κ3) is 3.82. The largest absolute Gasteiger partial charge is 0.462 e. The van der Waals surface area contributed by atoms with E-state index in [4.69, 9.17) is 16.3 Å². The van der Waals surface area contributed by atoms with Crippen molar-refractivity contribution >= 4 is 23.3 Å². The first-order chi connectivity index (χ1) is 11.9. The molecule has 0 bridgehead atoms. The number of ether oxygens (including phenoxy) is 1. The summed E-state index contributed by atoms with van der Waals surface area (Å²) in [7, 11) is 0. The Morgan fingerprint density at radius 3 is 2.60 bits per heavy atom. The molecule has 2 aromatic rings. The number of benzene rings is 1. The van der Waals surface area contributed by atoms with E-state index in [0.717, 1.165) is 24.7 Å². The second kappa shape index (κ2) is 8.11. The summed E-state index contributed by atoms with van der Waals surface area (Å²) in [6, 6.07) is 2.58. The van der Waals surface area contributed by atoms with Gasteiger partial charge in [0.2, 0.25) is 0 Å². The van der Waals surface area contributed by atoms with Crippen LogP contribution in [0.25, 0.3) is 5.69 Å². The van der Waals surface area contributed by atoms with Crippen LogP contribution in [0.15, 0.2) is 24.5 Å². The van der Waals surface area contributed by atoms with E-state index in [1.807, 2.05) is 13.8 Å². The maximum atomic E-state index is 12.0. The summed E-state index contributed by atoms with van der Waals surface area (Å²) in [5.74, 6) is 0.208. The van der Waals surface area contributed by atoms with E-state index in [-0.39, 0.29) is 34.5 Å². The number of carbonyl (C=O) groups is 1. The van der Waals surface area contributed by atoms with Crippen LogP contribution in [0.4, 0.5) is 5.69 Å². The van der Waals surface area contributed by atoms with Gasteiger partial charge < -0.3 is 4.74 Å². The molecule has 1 heterocycles. The molecule has 0 aliphatic carbocycles. The Morgan fingerprint density at radius 2 is 2.04 bits per heavy atom. The Hall–Kier alpha value is -2.41. The van der Waals surface area contributed by atoms with Gasteiger partial charge in [-0.15, -0.1) is 0 Å². The number of aromatic nitrogens is 2. The number of carbonyl (C=O) groups excluding carboxylic acids is 1. The molecule has 1 aromatic heterocycles. The van der Waals surface area contributed by atoms with Crippen LogP contribution in [-0.4, -0.2) is 27.1 Å². The highest BCUT2D eigenvalue weighted by Gasteiger charge is 2.25. The molecule has 0 saturated carbocycles. The van der Waals surface area contributed by atoms with Gasteiger partial charge in [-0.25, -0.2) is 9.78 Å². The summed E-state index contributed by atoms with van der Waals surface area (Å²) in [6.45, 7) is 5.89. The second-order valence-electron chi connectivity index (χ2n) is 5.47. The van der Waals surface area contributed by atoms with Gasteiger partial charge in [0.25, 0.3) is 5.69 Å². The van der Waals surface area contributed by atoms with E-state index in [1.54, 1.807) is 23.9 Å². The summed E-state index contributed by atoms with van der Waals surface area (Å²) in [4.78, 5) is 27.3. The molecule has 0 fully saturated rings. The summed E-state index contributed by atoms with van der Waals surface area (Å²) < 4.78 is 6.57. The standard InChI is InChI=1S/C17H20ClN3O4/c1-4-11(5-2)16-19-7-8-20(16)14-10-13(18)12(17(22)25-6-3)9-15(14)21(23)24/h7-11H,4-6H2,1-3H3. The number of imidazole rings is 1. The number of nitrogens with zero attached hydrogens (tertiary/aromatic N) is 3. The maximum Gasteiger partial charge on any atom is 0.339 e. The number of nitro groups is 1. The Labute approximate surface area is 150 Å². The van der Waals surface area contributed by atoms with Crippen LogP contribution in [0.1, 0.15) is 55.7 Å². The fourth-order valence-corrected chi connectivity index (χ4v) is 2.97. The van der Waals surface area contributed by atoms with Gasteiger partial charge in [-0.3, -0.25) is 14.7 Å². The molecule has 134 valence electrons. The van der Waals surface area contributed by atoms with Crippen molar-refractivity contribution < 1.29 is 14.5 Å². The first-order valence-corrected chi connectivity index (χ1v) is 8.50. The molecule has 25 heavy (non-hydrogen) atoms. The minimum atomic E-state index is -0.687. The smallest absolute Gasteiger partial charge is 0.339 e. The minimum Gasteiger partial charge on any atom is -0.462 e. The topological polar surface area (TPSA) is 87.3 Å². The van der Waals surface area contributed by atoms with Crippen LogP contribution in [0.2, 0.25) is 5.02 Å². The lowest BCUT2D eigenvalue weighted by atomic mass is 10.0. The van der Waals surface area contributed by atoms with Crippen molar-refractivity contribution in [1.29, 1.82) is 0 Å².